The van der Waals surface area contributed by atoms with Crippen molar-refractivity contribution in [3.63, 3.8) is 0 Å². The van der Waals surface area contributed by atoms with Gasteiger partial charge >= 0.3 is 0 Å². The maximum absolute atomic E-state index is 13.2. The van der Waals surface area contributed by atoms with Gasteiger partial charge in [-0.3, -0.25) is 9.10 Å². The second-order valence-corrected chi connectivity index (χ2v) is 8.61. The number of aryl methyl sites for hydroxylation is 2. The Labute approximate surface area is 161 Å². The zero-order chi connectivity index (χ0) is 20.0. The molecule has 2 rings (SSSR count). The first-order valence-electron chi connectivity index (χ1n) is 8.78. The smallest absolute Gasteiger partial charge is 0.264 e. The number of likely N-dealkylation sites (N-methyl/N-ethyl adjacent to an activating group) is 1. The van der Waals surface area contributed by atoms with Crippen LogP contribution in [0.1, 0.15) is 11.1 Å². The van der Waals surface area contributed by atoms with E-state index < -0.39 is 10.0 Å². The predicted molar refractivity (Wildman–Crippen MR) is 108 cm³/mol. The van der Waals surface area contributed by atoms with E-state index in [0.29, 0.717) is 18.8 Å². The third kappa shape index (κ3) is 5.55. The normalized spacial score (nSPS) is 11.4. The van der Waals surface area contributed by atoms with Gasteiger partial charge in [0.15, 0.2) is 0 Å². The lowest BCUT2D eigenvalue weighted by molar-refractivity contribution is -0.119. The lowest BCUT2D eigenvalue weighted by Crippen LogP contribution is -2.42. The number of benzene rings is 2. The van der Waals surface area contributed by atoms with Crippen LogP contribution in [0, 0.1) is 13.8 Å². The Kier molecular flexibility index (Phi) is 6.98. The molecule has 0 saturated carbocycles. The van der Waals surface area contributed by atoms with Crippen LogP contribution in [0.25, 0.3) is 0 Å². The summed E-state index contributed by atoms with van der Waals surface area (Å²) in [4.78, 5) is 14.5. The number of sulfonamides is 1. The Balaban J connectivity index is 2.34. The quantitative estimate of drug-likeness (QED) is 0.751. The third-order valence-corrected chi connectivity index (χ3v) is 6.07. The number of carbonyl (C=O) groups is 1. The van der Waals surface area contributed by atoms with E-state index in [9.17, 15) is 13.2 Å². The van der Waals surface area contributed by atoms with Gasteiger partial charge in [0, 0.05) is 13.1 Å². The van der Waals surface area contributed by atoms with Gasteiger partial charge in [0.05, 0.1) is 10.6 Å². The molecule has 0 heterocycles. The highest BCUT2D eigenvalue weighted by Gasteiger charge is 2.27. The SMILES string of the molecule is Cc1ccc(N(CC(=O)NCCN(C)C)S(=O)(=O)c2ccccc2)cc1C. The van der Waals surface area contributed by atoms with Crippen molar-refractivity contribution in [3.05, 3.63) is 59.7 Å². The minimum Gasteiger partial charge on any atom is -0.353 e. The van der Waals surface area contributed by atoms with Gasteiger partial charge in [0.25, 0.3) is 10.0 Å². The highest BCUT2D eigenvalue weighted by Crippen LogP contribution is 2.25. The van der Waals surface area contributed by atoms with Crippen molar-refractivity contribution in [1.29, 1.82) is 0 Å². The predicted octanol–water partition coefficient (Wildman–Crippen LogP) is 2.18. The molecular formula is C20H27N3O3S. The van der Waals surface area contributed by atoms with E-state index in [1.54, 1.807) is 30.3 Å². The lowest BCUT2D eigenvalue weighted by Gasteiger charge is -2.25. The van der Waals surface area contributed by atoms with Gasteiger partial charge in [-0.25, -0.2) is 8.42 Å². The standard InChI is InChI=1S/C20H27N3O3S/c1-16-10-11-18(14-17(16)2)23(15-20(24)21-12-13-22(3)4)27(25,26)19-8-6-5-7-9-19/h5-11,14H,12-13,15H2,1-4H3,(H,21,24). The van der Waals surface area contributed by atoms with Gasteiger partial charge in [-0.2, -0.15) is 0 Å². The molecule has 2 aromatic rings. The molecule has 146 valence electrons. The Morgan fingerprint density at radius 2 is 1.67 bits per heavy atom. The number of amides is 1. The molecule has 6 nitrogen and oxygen atoms in total. The number of hydrogen-bond acceptors (Lipinski definition) is 4. The van der Waals surface area contributed by atoms with Crippen LogP contribution in [-0.4, -0.2) is 53.0 Å². The first kappa shape index (κ1) is 20.9. The summed E-state index contributed by atoms with van der Waals surface area (Å²) >= 11 is 0. The van der Waals surface area contributed by atoms with E-state index in [4.69, 9.17) is 0 Å². The largest absolute Gasteiger partial charge is 0.353 e. The Hall–Kier alpha value is -2.38. The summed E-state index contributed by atoms with van der Waals surface area (Å²) in [6.07, 6.45) is 0. The lowest BCUT2D eigenvalue weighted by atomic mass is 10.1. The molecule has 1 amide bonds. The highest BCUT2D eigenvalue weighted by molar-refractivity contribution is 7.92. The van der Waals surface area contributed by atoms with E-state index in [-0.39, 0.29) is 17.3 Å². The van der Waals surface area contributed by atoms with Crippen LogP contribution in [0.4, 0.5) is 5.69 Å². The minimum absolute atomic E-state index is 0.157. The van der Waals surface area contributed by atoms with Crippen molar-refractivity contribution < 1.29 is 13.2 Å². The van der Waals surface area contributed by atoms with Crippen molar-refractivity contribution in [2.45, 2.75) is 18.7 Å². The zero-order valence-electron chi connectivity index (χ0n) is 16.3. The molecule has 0 bridgehead atoms. The molecule has 0 unspecified atom stereocenters. The van der Waals surface area contributed by atoms with Crippen molar-refractivity contribution >= 4 is 21.6 Å². The van der Waals surface area contributed by atoms with Crippen LogP contribution in [-0.2, 0) is 14.8 Å². The van der Waals surface area contributed by atoms with Gasteiger partial charge in [-0.05, 0) is 63.3 Å². The Morgan fingerprint density at radius 1 is 1.00 bits per heavy atom. The van der Waals surface area contributed by atoms with Gasteiger partial charge in [-0.1, -0.05) is 24.3 Å². The van der Waals surface area contributed by atoms with E-state index in [0.717, 1.165) is 11.1 Å². The summed E-state index contributed by atoms with van der Waals surface area (Å²) in [5.74, 6) is -0.338. The van der Waals surface area contributed by atoms with Crippen LogP contribution in [0.5, 0.6) is 0 Å². The van der Waals surface area contributed by atoms with Gasteiger partial charge in [0.1, 0.15) is 6.54 Å². The van der Waals surface area contributed by atoms with Crippen molar-refractivity contribution in [2.24, 2.45) is 0 Å². The summed E-state index contributed by atoms with van der Waals surface area (Å²) < 4.78 is 27.5. The number of anilines is 1. The fourth-order valence-electron chi connectivity index (χ4n) is 2.52. The molecule has 0 aliphatic rings. The molecule has 0 atom stereocenters. The van der Waals surface area contributed by atoms with Crippen molar-refractivity contribution in [2.75, 3.05) is 38.0 Å². The maximum atomic E-state index is 13.2. The molecule has 0 aromatic heterocycles. The van der Waals surface area contributed by atoms with Crippen LogP contribution >= 0.6 is 0 Å². The molecular weight excluding hydrogens is 362 g/mol. The fraction of sp³-hybridized carbons (Fsp3) is 0.350. The van der Waals surface area contributed by atoms with Crippen molar-refractivity contribution in [3.8, 4) is 0 Å². The fourth-order valence-corrected chi connectivity index (χ4v) is 3.95. The number of nitrogens with zero attached hydrogens (tertiary/aromatic N) is 2. The molecule has 0 fully saturated rings. The molecule has 0 aliphatic heterocycles. The molecule has 1 N–H and O–H groups in total. The first-order valence-corrected chi connectivity index (χ1v) is 10.2. The molecule has 0 radical (unpaired) electrons. The minimum atomic E-state index is -3.86. The van der Waals surface area contributed by atoms with Gasteiger partial charge in [-0.15, -0.1) is 0 Å². The maximum Gasteiger partial charge on any atom is 0.264 e. The second kappa shape index (κ2) is 9.01. The average molecular weight is 390 g/mol. The number of nitrogens with one attached hydrogen (secondary N) is 1. The Morgan fingerprint density at radius 3 is 2.26 bits per heavy atom. The molecule has 2 aromatic carbocycles. The summed E-state index contributed by atoms with van der Waals surface area (Å²) in [6.45, 7) is 4.75. The van der Waals surface area contributed by atoms with Crippen LogP contribution in [0.15, 0.2) is 53.4 Å². The summed E-state index contributed by atoms with van der Waals surface area (Å²) in [5.41, 5.74) is 2.50. The van der Waals surface area contributed by atoms with E-state index >= 15 is 0 Å². The first-order chi connectivity index (χ1) is 12.7. The van der Waals surface area contributed by atoms with E-state index in [1.807, 2.05) is 38.9 Å². The second-order valence-electron chi connectivity index (χ2n) is 6.75. The van der Waals surface area contributed by atoms with E-state index in [1.165, 1.54) is 16.4 Å². The van der Waals surface area contributed by atoms with Crippen molar-refractivity contribution in [1.82, 2.24) is 10.2 Å². The molecule has 27 heavy (non-hydrogen) atoms. The summed E-state index contributed by atoms with van der Waals surface area (Å²) in [6, 6.07) is 13.6. The Bertz CT molecular complexity index is 881. The molecule has 0 spiro atoms. The number of rotatable bonds is 8. The van der Waals surface area contributed by atoms with Crippen LogP contribution in [0.3, 0.4) is 0 Å². The number of hydrogen-bond donors (Lipinski definition) is 1. The molecule has 0 saturated heterocycles. The average Bonchev–Trinajstić information content (AvgIpc) is 2.62. The summed E-state index contributed by atoms with van der Waals surface area (Å²) in [7, 11) is -0.0378. The van der Waals surface area contributed by atoms with Crippen LogP contribution in [0.2, 0.25) is 0 Å². The zero-order valence-corrected chi connectivity index (χ0v) is 17.1. The highest BCUT2D eigenvalue weighted by atomic mass is 32.2. The summed E-state index contributed by atoms with van der Waals surface area (Å²) in [5, 5.41) is 2.78. The number of carbonyl (C=O) groups excluding carboxylic acids is 1. The van der Waals surface area contributed by atoms with Crippen LogP contribution < -0.4 is 9.62 Å². The van der Waals surface area contributed by atoms with Gasteiger partial charge < -0.3 is 10.2 Å². The monoisotopic (exact) mass is 389 g/mol. The van der Waals surface area contributed by atoms with E-state index in [2.05, 4.69) is 5.32 Å². The molecule has 7 heteroatoms. The molecule has 0 aliphatic carbocycles. The van der Waals surface area contributed by atoms with Gasteiger partial charge in [0.2, 0.25) is 5.91 Å². The topological polar surface area (TPSA) is 69.7 Å². The third-order valence-electron chi connectivity index (χ3n) is 4.28.